The van der Waals surface area contributed by atoms with Crippen molar-refractivity contribution in [2.24, 2.45) is 5.73 Å². The molecule has 2 amide bonds. The van der Waals surface area contributed by atoms with E-state index in [9.17, 15) is 14.4 Å². The van der Waals surface area contributed by atoms with E-state index in [1.54, 1.807) is 0 Å². The molecular formula is C21H24N2O5. The second kappa shape index (κ2) is 10.1. The number of hydrogen-bond donors (Lipinski definition) is 2. The van der Waals surface area contributed by atoms with Crippen LogP contribution in [0.1, 0.15) is 42.1 Å². The maximum Gasteiger partial charge on any atom is 0.338 e. The van der Waals surface area contributed by atoms with Gasteiger partial charge in [-0.15, -0.1) is 0 Å². The molecule has 0 aliphatic rings. The summed E-state index contributed by atoms with van der Waals surface area (Å²) in [6, 6.07) is 13.6. The average molecular weight is 384 g/mol. The van der Waals surface area contributed by atoms with E-state index in [1.165, 1.54) is 29.8 Å². The highest BCUT2D eigenvalue weighted by Crippen LogP contribution is 2.20. The van der Waals surface area contributed by atoms with E-state index in [2.05, 4.69) is 19.2 Å². The molecule has 0 aliphatic carbocycles. The lowest BCUT2D eigenvalue weighted by molar-refractivity contribution is -0.120. The number of amides is 2. The summed E-state index contributed by atoms with van der Waals surface area (Å²) in [6.07, 6.45) is 1.04. The molecule has 0 saturated heterocycles. The van der Waals surface area contributed by atoms with Crippen LogP contribution >= 0.6 is 0 Å². The Balaban J connectivity index is 1.81. The van der Waals surface area contributed by atoms with Crippen molar-refractivity contribution < 1.29 is 23.9 Å². The molecule has 2 rings (SSSR count). The van der Waals surface area contributed by atoms with E-state index in [1.807, 2.05) is 24.3 Å². The normalized spacial score (nSPS) is 11.4. The molecule has 0 aromatic heterocycles. The highest BCUT2D eigenvalue weighted by atomic mass is 16.5. The lowest BCUT2D eigenvalue weighted by Crippen LogP contribution is -2.21. The number of nitrogens with one attached hydrogen (secondary N) is 1. The summed E-state index contributed by atoms with van der Waals surface area (Å²) in [5, 5.41) is 2.69. The van der Waals surface area contributed by atoms with Crippen LogP contribution in [-0.4, -0.2) is 31.0 Å². The van der Waals surface area contributed by atoms with Crippen molar-refractivity contribution >= 4 is 23.5 Å². The van der Waals surface area contributed by atoms with Gasteiger partial charge in [0.25, 0.3) is 11.8 Å². The molecule has 1 atom stereocenters. The number of carbonyl (C=O) groups is 3. The third-order valence-electron chi connectivity index (χ3n) is 4.18. The van der Waals surface area contributed by atoms with Crippen LogP contribution in [0.15, 0.2) is 48.5 Å². The second-order valence-electron chi connectivity index (χ2n) is 6.33. The van der Waals surface area contributed by atoms with Crippen molar-refractivity contribution in [1.29, 1.82) is 0 Å². The third kappa shape index (κ3) is 6.42. The Morgan fingerprint density at radius 3 is 2.21 bits per heavy atom. The molecule has 148 valence electrons. The van der Waals surface area contributed by atoms with Gasteiger partial charge in [-0.25, -0.2) is 4.79 Å². The molecule has 7 heteroatoms. The van der Waals surface area contributed by atoms with Gasteiger partial charge in [0, 0.05) is 5.69 Å². The molecule has 2 aromatic carbocycles. The van der Waals surface area contributed by atoms with E-state index in [0.717, 1.165) is 6.42 Å². The summed E-state index contributed by atoms with van der Waals surface area (Å²) >= 11 is 0. The van der Waals surface area contributed by atoms with Gasteiger partial charge in [0.2, 0.25) is 0 Å². The molecule has 0 heterocycles. The Morgan fingerprint density at radius 2 is 1.64 bits per heavy atom. The number of ether oxygens (including phenoxy) is 2. The summed E-state index contributed by atoms with van der Waals surface area (Å²) < 4.78 is 10.1. The summed E-state index contributed by atoms with van der Waals surface area (Å²) in [4.78, 5) is 34.7. The van der Waals surface area contributed by atoms with Gasteiger partial charge in [-0.1, -0.05) is 26.0 Å². The lowest BCUT2D eigenvalue weighted by atomic mass is 9.99. The van der Waals surface area contributed by atoms with Crippen LogP contribution in [0.5, 0.6) is 5.75 Å². The average Bonchev–Trinajstić information content (AvgIpc) is 2.70. The zero-order valence-electron chi connectivity index (χ0n) is 15.9. The van der Waals surface area contributed by atoms with Crippen molar-refractivity contribution in [3.63, 3.8) is 0 Å². The monoisotopic (exact) mass is 384 g/mol. The van der Waals surface area contributed by atoms with Gasteiger partial charge in [-0.2, -0.15) is 0 Å². The fourth-order valence-electron chi connectivity index (χ4n) is 2.38. The number of anilines is 1. The van der Waals surface area contributed by atoms with Gasteiger partial charge in [-0.3, -0.25) is 9.59 Å². The van der Waals surface area contributed by atoms with Crippen LogP contribution in [0.4, 0.5) is 5.69 Å². The molecule has 0 fully saturated rings. The number of benzene rings is 2. The maximum atomic E-state index is 12.0. The number of carbonyl (C=O) groups excluding carboxylic acids is 3. The maximum absolute atomic E-state index is 12.0. The summed E-state index contributed by atoms with van der Waals surface area (Å²) in [7, 11) is 0. The molecular weight excluding hydrogens is 360 g/mol. The minimum atomic E-state index is -0.635. The molecule has 7 nitrogen and oxygen atoms in total. The summed E-state index contributed by atoms with van der Waals surface area (Å²) in [5.41, 5.74) is 7.10. The molecule has 0 unspecified atom stereocenters. The van der Waals surface area contributed by atoms with Gasteiger partial charge in [0.05, 0.1) is 5.56 Å². The first-order valence-corrected chi connectivity index (χ1v) is 8.97. The molecule has 0 spiro atoms. The van der Waals surface area contributed by atoms with Crippen LogP contribution in [0.25, 0.3) is 0 Å². The highest BCUT2D eigenvalue weighted by molar-refractivity contribution is 5.95. The van der Waals surface area contributed by atoms with Gasteiger partial charge in [0.1, 0.15) is 5.75 Å². The Hall–Kier alpha value is -3.35. The first-order valence-electron chi connectivity index (χ1n) is 8.97. The Morgan fingerprint density at radius 1 is 1.00 bits per heavy atom. The number of primary amides is 1. The minimum absolute atomic E-state index is 0.248. The minimum Gasteiger partial charge on any atom is -0.484 e. The first-order chi connectivity index (χ1) is 13.4. The summed E-state index contributed by atoms with van der Waals surface area (Å²) in [6.45, 7) is 3.62. The van der Waals surface area contributed by atoms with Crippen LogP contribution in [0.2, 0.25) is 0 Å². The molecule has 3 N–H and O–H groups in total. The molecule has 0 radical (unpaired) electrons. The van der Waals surface area contributed by atoms with Crippen molar-refractivity contribution in [3.8, 4) is 5.75 Å². The van der Waals surface area contributed by atoms with Gasteiger partial charge < -0.3 is 20.5 Å². The number of hydrogen-bond acceptors (Lipinski definition) is 5. The number of esters is 1. The largest absolute Gasteiger partial charge is 0.484 e. The molecule has 0 aliphatic heterocycles. The molecule has 0 bridgehead atoms. The molecule has 28 heavy (non-hydrogen) atoms. The fraction of sp³-hybridized carbons (Fsp3) is 0.286. The summed E-state index contributed by atoms with van der Waals surface area (Å²) in [5.74, 6) is -0.800. The Labute approximate surface area is 163 Å². The predicted molar refractivity (Wildman–Crippen MR) is 105 cm³/mol. The van der Waals surface area contributed by atoms with E-state index < -0.39 is 24.4 Å². The number of nitrogens with two attached hydrogens (primary N) is 1. The van der Waals surface area contributed by atoms with Crippen molar-refractivity contribution in [2.75, 3.05) is 18.5 Å². The lowest BCUT2D eigenvalue weighted by Gasteiger charge is -2.11. The molecule has 0 saturated carbocycles. The zero-order chi connectivity index (χ0) is 20.5. The quantitative estimate of drug-likeness (QED) is 0.647. The van der Waals surface area contributed by atoms with E-state index >= 15 is 0 Å². The molecule has 2 aromatic rings. The standard InChI is InChI=1S/C21H24N2O5/c1-3-14(2)15-4-8-17(9-5-15)23-20(25)13-28-21(26)16-6-10-18(11-7-16)27-12-19(22)24/h4-11,14H,3,12-13H2,1-2H3,(H2,22,24)(H,23,25)/t14-/m0/s1. The topological polar surface area (TPSA) is 108 Å². The van der Waals surface area contributed by atoms with Gasteiger partial charge in [-0.05, 0) is 54.3 Å². The van der Waals surface area contributed by atoms with Crippen molar-refractivity contribution in [3.05, 3.63) is 59.7 Å². The highest BCUT2D eigenvalue weighted by Gasteiger charge is 2.11. The fourth-order valence-corrected chi connectivity index (χ4v) is 2.38. The first kappa shape index (κ1) is 21.0. The van der Waals surface area contributed by atoms with Crippen molar-refractivity contribution in [1.82, 2.24) is 0 Å². The van der Waals surface area contributed by atoms with Crippen LogP contribution in [0.3, 0.4) is 0 Å². The zero-order valence-corrected chi connectivity index (χ0v) is 15.9. The van der Waals surface area contributed by atoms with Crippen LogP contribution in [-0.2, 0) is 14.3 Å². The smallest absolute Gasteiger partial charge is 0.338 e. The predicted octanol–water partition coefficient (Wildman–Crippen LogP) is 2.86. The van der Waals surface area contributed by atoms with E-state index in [0.29, 0.717) is 17.4 Å². The Kier molecular flexibility index (Phi) is 7.56. The van der Waals surface area contributed by atoms with Gasteiger partial charge in [0.15, 0.2) is 13.2 Å². The SMILES string of the molecule is CC[C@H](C)c1ccc(NC(=O)COC(=O)c2ccc(OCC(N)=O)cc2)cc1. The van der Waals surface area contributed by atoms with E-state index in [4.69, 9.17) is 15.2 Å². The third-order valence-corrected chi connectivity index (χ3v) is 4.18. The van der Waals surface area contributed by atoms with E-state index in [-0.39, 0.29) is 12.2 Å². The number of rotatable bonds is 9. The van der Waals surface area contributed by atoms with Gasteiger partial charge >= 0.3 is 5.97 Å². The Bertz CT molecular complexity index is 816. The van der Waals surface area contributed by atoms with Crippen LogP contribution in [0, 0.1) is 0 Å². The van der Waals surface area contributed by atoms with Crippen LogP contribution < -0.4 is 15.8 Å². The second-order valence-corrected chi connectivity index (χ2v) is 6.33. The van der Waals surface area contributed by atoms with Crippen molar-refractivity contribution in [2.45, 2.75) is 26.2 Å².